The molecule has 1 aliphatic heterocycles. The van der Waals surface area contributed by atoms with Crippen molar-refractivity contribution in [3.8, 4) is 0 Å². The number of likely N-dealkylation sites (tertiary alicyclic amines) is 1. The molecular weight excluding hydrogens is 209 g/mol. The van der Waals surface area contributed by atoms with Crippen molar-refractivity contribution in [2.45, 2.75) is 25.1 Å². The topological polar surface area (TPSA) is 20.3 Å². The van der Waals surface area contributed by atoms with E-state index >= 15 is 0 Å². The largest absolute Gasteiger partial charge is 0.305 e. The molecule has 0 aromatic heterocycles. The highest BCUT2D eigenvalue weighted by atomic mass is 35.5. The standard InChI is InChI=1S/C6H11NO.C3H6Cl2/c1-7-4-2-6(8)3-5-7;1-3(5)2-4/h2-5H2,1H3;3H,2H2,1H3. The number of hydrogen-bond acceptors (Lipinski definition) is 2. The van der Waals surface area contributed by atoms with E-state index in [-0.39, 0.29) is 5.38 Å². The highest BCUT2D eigenvalue weighted by molar-refractivity contribution is 6.27. The van der Waals surface area contributed by atoms with Gasteiger partial charge >= 0.3 is 0 Å². The molecule has 1 saturated heterocycles. The first-order valence-electron chi connectivity index (χ1n) is 4.46. The van der Waals surface area contributed by atoms with Crippen LogP contribution in [0.3, 0.4) is 0 Å². The first kappa shape index (κ1) is 13.2. The minimum Gasteiger partial charge on any atom is -0.305 e. The molecule has 0 bridgehead atoms. The van der Waals surface area contributed by atoms with E-state index in [2.05, 4.69) is 4.90 Å². The van der Waals surface area contributed by atoms with Crippen LogP contribution in [-0.4, -0.2) is 42.1 Å². The Morgan fingerprint density at radius 1 is 1.46 bits per heavy atom. The molecule has 1 rings (SSSR count). The van der Waals surface area contributed by atoms with Gasteiger partial charge in [-0.1, -0.05) is 0 Å². The van der Waals surface area contributed by atoms with Gasteiger partial charge in [0.15, 0.2) is 0 Å². The van der Waals surface area contributed by atoms with Crippen LogP contribution >= 0.6 is 23.2 Å². The Morgan fingerprint density at radius 3 is 2.08 bits per heavy atom. The minimum absolute atomic E-state index is 0.122. The van der Waals surface area contributed by atoms with E-state index in [1.807, 2.05) is 14.0 Å². The molecule has 1 atom stereocenters. The van der Waals surface area contributed by atoms with Crippen LogP contribution in [0.15, 0.2) is 0 Å². The molecule has 0 aromatic carbocycles. The van der Waals surface area contributed by atoms with Gasteiger partial charge in [-0.05, 0) is 14.0 Å². The van der Waals surface area contributed by atoms with Crippen LogP contribution in [0.4, 0.5) is 0 Å². The van der Waals surface area contributed by atoms with E-state index < -0.39 is 0 Å². The summed E-state index contributed by atoms with van der Waals surface area (Å²) in [5.74, 6) is 0.963. The molecule has 1 heterocycles. The summed E-state index contributed by atoms with van der Waals surface area (Å²) in [6.07, 6.45) is 1.52. The number of carbonyl (C=O) groups is 1. The van der Waals surface area contributed by atoms with Crippen molar-refractivity contribution in [1.29, 1.82) is 0 Å². The molecular formula is C9H17Cl2NO. The second kappa shape index (κ2) is 7.60. The van der Waals surface area contributed by atoms with Gasteiger partial charge in [0.1, 0.15) is 5.78 Å². The fraction of sp³-hybridized carbons (Fsp3) is 0.889. The summed E-state index contributed by atoms with van der Waals surface area (Å²) >= 11 is 10.5. The van der Waals surface area contributed by atoms with Crippen molar-refractivity contribution in [3.63, 3.8) is 0 Å². The Morgan fingerprint density at radius 2 is 1.85 bits per heavy atom. The lowest BCUT2D eigenvalue weighted by molar-refractivity contribution is -0.121. The van der Waals surface area contributed by atoms with Crippen molar-refractivity contribution in [1.82, 2.24) is 4.90 Å². The first-order valence-corrected chi connectivity index (χ1v) is 5.43. The molecule has 0 radical (unpaired) electrons. The minimum atomic E-state index is 0.122. The maximum absolute atomic E-state index is 10.6. The van der Waals surface area contributed by atoms with E-state index in [4.69, 9.17) is 23.2 Å². The van der Waals surface area contributed by atoms with Gasteiger partial charge in [-0.2, -0.15) is 0 Å². The summed E-state index contributed by atoms with van der Waals surface area (Å²) in [4.78, 5) is 12.8. The number of hydrogen-bond donors (Lipinski definition) is 0. The molecule has 0 aliphatic carbocycles. The van der Waals surface area contributed by atoms with Gasteiger partial charge in [0, 0.05) is 37.2 Å². The van der Waals surface area contributed by atoms with Crippen LogP contribution in [0.5, 0.6) is 0 Å². The van der Waals surface area contributed by atoms with E-state index in [1.165, 1.54) is 0 Å². The zero-order valence-corrected chi connectivity index (χ0v) is 9.74. The number of piperidine rings is 1. The van der Waals surface area contributed by atoms with Crippen molar-refractivity contribution in [2.24, 2.45) is 0 Å². The van der Waals surface area contributed by atoms with Crippen LogP contribution in [0.1, 0.15) is 19.8 Å². The zero-order valence-electron chi connectivity index (χ0n) is 8.22. The van der Waals surface area contributed by atoms with Crippen LogP contribution in [0.25, 0.3) is 0 Å². The SMILES string of the molecule is CC(Cl)CCl.CN1CCC(=O)CC1. The van der Waals surface area contributed by atoms with Gasteiger partial charge in [-0.15, -0.1) is 23.2 Å². The van der Waals surface area contributed by atoms with Gasteiger partial charge in [0.05, 0.1) is 0 Å². The smallest absolute Gasteiger partial charge is 0.135 e. The molecule has 0 N–H and O–H groups in total. The van der Waals surface area contributed by atoms with Crippen molar-refractivity contribution >= 4 is 29.0 Å². The Balaban J connectivity index is 0.000000252. The lowest BCUT2D eigenvalue weighted by Gasteiger charge is -2.19. The molecule has 1 unspecified atom stereocenters. The number of halogens is 2. The molecule has 2 nitrogen and oxygen atoms in total. The monoisotopic (exact) mass is 225 g/mol. The van der Waals surface area contributed by atoms with Crippen LogP contribution in [0, 0.1) is 0 Å². The molecule has 78 valence electrons. The van der Waals surface area contributed by atoms with E-state index in [0.29, 0.717) is 11.7 Å². The highest BCUT2D eigenvalue weighted by Gasteiger charge is 2.10. The number of rotatable bonds is 1. The summed E-state index contributed by atoms with van der Waals surface area (Å²) in [5, 5.41) is 0.122. The number of Topliss-reactive ketones (excluding diaryl/α,β-unsaturated/α-hetero) is 1. The van der Waals surface area contributed by atoms with Crippen molar-refractivity contribution in [3.05, 3.63) is 0 Å². The Hall–Kier alpha value is 0.210. The quantitative estimate of drug-likeness (QED) is 0.638. The summed E-state index contributed by atoms with van der Waals surface area (Å²) in [5.41, 5.74) is 0. The Labute approximate surface area is 90.2 Å². The number of nitrogens with zero attached hydrogens (tertiary/aromatic N) is 1. The second-order valence-corrected chi connectivity index (χ2v) is 4.33. The fourth-order valence-electron chi connectivity index (χ4n) is 0.868. The average molecular weight is 226 g/mol. The third kappa shape index (κ3) is 8.54. The van der Waals surface area contributed by atoms with Crippen LogP contribution < -0.4 is 0 Å². The molecule has 4 heteroatoms. The maximum atomic E-state index is 10.6. The average Bonchev–Trinajstić information content (AvgIpc) is 2.11. The predicted octanol–water partition coefficient (Wildman–Crippen LogP) is 2.13. The molecule has 1 fully saturated rings. The maximum Gasteiger partial charge on any atom is 0.135 e. The van der Waals surface area contributed by atoms with Gasteiger partial charge in [-0.3, -0.25) is 4.79 Å². The lowest BCUT2D eigenvalue weighted by Crippen LogP contribution is -2.29. The highest BCUT2D eigenvalue weighted by Crippen LogP contribution is 2.01. The van der Waals surface area contributed by atoms with Crippen molar-refractivity contribution < 1.29 is 4.79 Å². The third-order valence-electron chi connectivity index (χ3n) is 1.76. The Bertz CT molecular complexity index is 141. The predicted molar refractivity (Wildman–Crippen MR) is 57.8 cm³/mol. The van der Waals surface area contributed by atoms with E-state index in [9.17, 15) is 4.79 Å². The molecule has 0 saturated carbocycles. The van der Waals surface area contributed by atoms with Gasteiger partial charge in [-0.25, -0.2) is 0 Å². The first-order chi connectivity index (χ1) is 6.06. The van der Waals surface area contributed by atoms with E-state index in [1.54, 1.807) is 0 Å². The molecule has 13 heavy (non-hydrogen) atoms. The van der Waals surface area contributed by atoms with Crippen LogP contribution in [0.2, 0.25) is 0 Å². The number of carbonyl (C=O) groups excluding carboxylic acids is 1. The van der Waals surface area contributed by atoms with Crippen molar-refractivity contribution in [2.75, 3.05) is 26.0 Å². The van der Waals surface area contributed by atoms with E-state index in [0.717, 1.165) is 25.9 Å². The third-order valence-corrected chi connectivity index (χ3v) is 2.53. The lowest BCUT2D eigenvalue weighted by atomic mass is 10.1. The second-order valence-electron chi connectivity index (χ2n) is 3.28. The van der Waals surface area contributed by atoms with Gasteiger partial charge in [0.25, 0.3) is 0 Å². The molecule has 1 aliphatic rings. The molecule has 0 amide bonds. The Kier molecular flexibility index (Phi) is 7.72. The van der Waals surface area contributed by atoms with Crippen LogP contribution in [-0.2, 0) is 4.79 Å². The summed E-state index contributed by atoms with van der Waals surface area (Å²) < 4.78 is 0. The molecule has 0 spiro atoms. The fourth-order valence-corrected chi connectivity index (χ4v) is 0.868. The number of ketones is 1. The van der Waals surface area contributed by atoms with Gasteiger partial charge < -0.3 is 4.90 Å². The number of alkyl halides is 2. The summed E-state index contributed by atoms with van der Waals surface area (Å²) in [6.45, 7) is 3.77. The molecule has 0 aromatic rings. The normalized spacial score (nSPS) is 20.5. The van der Waals surface area contributed by atoms with Gasteiger partial charge in [0.2, 0.25) is 0 Å². The zero-order chi connectivity index (χ0) is 10.3. The summed E-state index contributed by atoms with van der Waals surface area (Å²) in [7, 11) is 2.05. The summed E-state index contributed by atoms with van der Waals surface area (Å²) in [6, 6.07) is 0.